The Hall–Kier alpha value is -3.47. The number of carbonyl (C=O) groups is 3. The summed E-state index contributed by atoms with van der Waals surface area (Å²) in [5, 5.41) is 6.00. The monoisotopic (exact) mass is 554 g/mol. The molecular formula is C30H42N4O6. The minimum absolute atomic E-state index is 0.0342. The summed E-state index contributed by atoms with van der Waals surface area (Å²) < 4.78 is 16.8. The summed E-state index contributed by atoms with van der Waals surface area (Å²) in [5.74, 6) is -0.341. The third-order valence-electron chi connectivity index (χ3n) is 7.19. The van der Waals surface area contributed by atoms with Crippen molar-refractivity contribution in [3.63, 3.8) is 0 Å². The maximum absolute atomic E-state index is 13.9. The van der Waals surface area contributed by atoms with E-state index < -0.39 is 18.0 Å². The topological polar surface area (TPSA) is 109 Å². The molecule has 1 heterocycles. The molecular weight excluding hydrogens is 512 g/mol. The van der Waals surface area contributed by atoms with Gasteiger partial charge in [0, 0.05) is 33.6 Å². The molecule has 218 valence electrons. The van der Waals surface area contributed by atoms with Crippen molar-refractivity contribution in [1.82, 2.24) is 20.4 Å². The van der Waals surface area contributed by atoms with Gasteiger partial charge in [-0.25, -0.2) is 0 Å². The molecule has 0 saturated carbocycles. The molecule has 0 radical (unpaired) electrons. The zero-order chi connectivity index (χ0) is 28.9. The first kappa shape index (κ1) is 31.1. The normalized spacial score (nSPS) is 16.1. The molecule has 0 aromatic heterocycles. The lowest BCUT2D eigenvalue weighted by molar-refractivity contribution is -0.151. The third-order valence-corrected chi connectivity index (χ3v) is 7.19. The van der Waals surface area contributed by atoms with Gasteiger partial charge < -0.3 is 34.6 Å². The van der Waals surface area contributed by atoms with Gasteiger partial charge in [0.05, 0.1) is 26.9 Å². The zero-order valence-corrected chi connectivity index (χ0v) is 23.9. The fourth-order valence-electron chi connectivity index (χ4n) is 4.62. The Kier molecular flexibility index (Phi) is 12.4. The van der Waals surface area contributed by atoms with Crippen LogP contribution in [0, 0.1) is 0 Å². The zero-order valence-electron chi connectivity index (χ0n) is 23.9. The van der Waals surface area contributed by atoms with Crippen molar-refractivity contribution >= 4 is 17.7 Å². The lowest BCUT2D eigenvalue weighted by atomic mass is 10.0. The van der Waals surface area contributed by atoms with E-state index in [2.05, 4.69) is 10.6 Å². The molecule has 1 aliphatic rings. The standard InChI is InChI=1S/C30H42N4O6/c1-31-29(36)26(17-22-12-14-25(38-4)15-13-22)34(3)30(37)27(20-39-18-23-9-6-5-7-10-23)33(2)28(35)21-40-19-24-11-8-16-32-24/h5-7,9-10,12-15,24,26-27,32H,8,11,16-21H2,1-4H3,(H,31,36). The van der Waals surface area contributed by atoms with E-state index in [-0.39, 0.29) is 37.7 Å². The summed E-state index contributed by atoms with van der Waals surface area (Å²) in [4.78, 5) is 42.6. The first-order chi connectivity index (χ1) is 19.3. The number of amides is 3. The SMILES string of the molecule is CNC(=O)C(Cc1ccc(OC)cc1)N(C)C(=O)C(COCc1ccccc1)N(C)C(=O)COCC1CCCN1. The van der Waals surface area contributed by atoms with E-state index in [0.29, 0.717) is 18.8 Å². The predicted molar refractivity (Wildman–Crippen MR) is 152 cm³/mol. The Labute approximate surface area is 236 Å². The molecule has 10 nitrogen and oxygen atoms in total. The van der Waals surface area contributed by atoms with Crippen molar-refractivity contribution in [2.75, 3.05) is 54.6 Å². The van der Waals surface area contributed by atoms with E-state index in [1.54, 1.807) is 21.2 Å². The second-order valence-electron chi connectivity index (χ2n) is 9.96. The van der Waals surface area contributed by atoms with E-state index in [4.69, 9.17) is 14.2 Å². The Morgan fingerprint density at radius 1 is 0.975 bits per heavy atom. The van der Waals surface area contributed by atoms with Crippen molar-refractivity contribution in [1.29, 1.82) is 0 Å². The van der Waals surface area contributed by atoms with Crippen LogP contribution < -0.4 is 15.4 Å². The van der Waals surface area contributed by atoms with Gasteiger partial charge in [0.2, 0.25) is 17.7 Å². The molecule has 10 heteroatoms. The van der Waals surface area contributed by atoms with Crippen LogP contribution in [0.1, 0.15) is 24.0 Å². The van der Waals surface area contributed by atoms with Crippen molar-refractivity contribution in [2.24, 2.45) is 0 Å². The van der Waals surface area contributed by atoms with Crippen LogP contribution in [0.4, 0.5) is 0 Å². The van der Waals surface area contributed by atoms with Crippen molar-refractivity contribution in [2.45, 2.75) is 44.0 Å². The summed E-state index contributed by atoms with van der Waals surface area (Å²) in [6.07, 6.45) is 2.39. The molecule has 1 fully saturated rings. The van der Waals surface area contributed by atoms with E-state index in [9.17, 15) is 14.4 Å². The Morgan fingerprint density at radius 3 is 2.33 bits per heavy atom. The molecule has 3 atom stereocenters. The summed E-state index contributed by atoms with van der Waals surface area (Å²) in [6.45, 7) is 1.49. The number of hydrogen-bond acceptors (Lipinski definition) is 7. The molecule has 0 aliphatic carbocycles. The average Bonchev–Trinajstić information content (AvgIpc) is 3.51. The molecule has 0 spiro atoms. The van der Waals surface area contributed by atoms with E-state index in [1.165, 1.54) is 16.8 Å². The quantitative estimate of drug-likeness (QED) is 0.344. The average molecular weight is 555 g/mol. The molecule has 3 amide bonds. The molecule has 2 aromatic carbocycles. The third kappa shape index (κ3) is 9.04. The number of likely N-dealkylation sites (N-methyl/N-ethyl adjacent to an activating group) is 3. The Bertz CT molecular complexity index is 1080. The lowest BCUT2D eigenvalue weighted by Crippen LogP contribution is -2.56. The van der Waals surface area contributed by atoms with Gasteiger partial charge in [-0.15, -0.1) is 0 Å². The minimum atomic E-state index is -0.947. The first-order valence-electron chi connectivity index (χ1n) is 13.6. The van der Waals surface area contributed by atoms with Gasteiger partial charge in [-0.05, 0) is 42.6 Å². The van der Waals surface area contributed by atoms with Gasteiger partial charge in [0.1, 0.15) is 24.4 Å². The number of carbonyl (C=O) groups excluding carboxylic acids is 3. The van der Waals surface area contributed by atoms with Crippen LogP contribution in [0.15, 0.2) is 54.6 Å². The summed E-state index contributed by atoms with van der Waals surface area (Å²) in [5.41, 5.74) is 1.82. The van der Waals surface area contributed by atoms with Crippen LogP contribution in [0.2, 0.25) is 0 Å². The highest BCUT2D eigenvalue weighted by Crippen LogP contribution is 2.16. The highest BCUT2D eigenvalue weighted by atomic mass is 16.5. The number of benzene rings is 2. The van der Waals surface area contributed by atoms with Crippen LogP contribution in [-0.2, 0) is 36.9 Å². The molecule has 3 unspecified atom stereocenters. The van der Waals surface area contributed by atoms with Gasteiger partial charge in [0.15, 0.2) is 0 Å². The molecule has 2 aromatic rings. The number of nitrogens with one attached hydrogen (secondary N) is 2. The van der Waals surface area contributed by atoms with Crippen molar-refractivity contribution < 1.29 is 28.6 Å². The molecule has 1 aliphatic heterocycles. The summed E-state index contributed by atoms with van der Waals surface area (Å²) >= 11 is 0. The van der Waals surface area contributed by atoms with E-state index >= 15 is 0 Å². The van der Waals surface area contributed by atoms with E-state index in [0.717, 1.165) is 30.5 Å². The van der Waals surface area contributed by atoms with Gasteiger partial charge in [-0.2, -0.15) is 0 Å². The molecule has 0 bridgehead atoms. The largest absolute Gasteiger partial charge is 0.497 e. The second kappa shape index (κ2) is 16.0. The fourth-order valence-corrected chi connectivity index (χ4v) is 4.62. The van der Waals surface area contributed by atoms with E-state index in [1.807, 2.05) is 54.6 Å². The highest BCUT2D eigenvalue weighted by Gasteiger charge is 2.35. The van der Waals surface area contributed by atoms with Crippen LogP contribution in [0.25, 0.3) is 0 Å². The highest BCUT2D eigenvalue weighted by molar-refractivity contribution is 5.92. The van der Waals surface area contributed by atoms with Gasteiger partial charge >= 0.3 is 0 Å². The second-order valence-corrected chi connectivity index (χ2v) is 9.96. The van der Waals surface area contributed by atoms with Crippen LogP contribution in [-0.4, -0.2) is 100 Å². The van der Waals surface area contributed by atoms with Crippen LogP contribution in [0.5, 0.6) is 5.75 Å². The number of ether oxygens (including phenoxy) is 3. The first-order valence-corrected chi connectivity index (χ1v) is 13.6. The number of nitrogens with zero attached hydrogens (tertiary/aromatic N) is 2. The Morgan fingerprint density at radius 2 is 1.70 bits per heavy atom. The van der Waals surface area contributed by atoms with Crippen LogP contribution in [0.3, 0.4) is 0 Å². The lowest BCUT2D eigenvalue weighted by Gasteiger charge is -2.34. The van der Waals surface area contributed by atoms with Gasteiger partial charge in [-0.3, -0.25) is 14.4 Å². The maximum atomic E-state index is 13.9. The van der Waals surface area contributed by atoms with Gasteiger partial charge in [-0.1, -0.05) is 42.5 Å². The van der Waals surface area contributed by atoms with Gasteiger partial charge in [0.25, 0.3) is 0 Å². The smallest absolute Gasteiger partial charge is 0.249 e. The minimum Gasteiger partial charge on any atom is -0.497 e. The number of hydrogen-bond donors (Lipinski definition) is 2. The molecule has 2 N–H and O–H groups in total. The molecule has 1 saturated heterocycles. The maximum Gasteiger partial charge on any atom is 0.249 e. The van der Waals surface area contributed by atoms with Crippen LogP contribution >= 0.6 is 0 Å². The predicted octanol–water partition coefficient (Wildman–Crippen LogP) is 1.62. The fraction of sp³-hybridized carbons (Fsp3) is 0.500. The number of rotatable bonds is 15. The summed E-state index contributed by atoms with van der Waals surface area (Å²) in [7, 11) is 6.27. The molecule has 3 rings (SSSR count). The number of methoxy groups -OCH3 is 1. The summed E-state index contributed by atoms with van der Waals surface area (Å²) in [6, 6.07) is 15.4. The molecule has 40 heavy (non-hydrogen) atoms. The van der Waals surface area contributed by atoms with Crippen molar-refractivity contribution in [3.05, 3.63) is 65.7 Å². The van der Waals surface area contributed by atoms with Crippen molar-refractivity contribution in [3.8, 4) is 5.75 Å². The Balaban J connectivity index is 1.72.